The summed E-state index contributed by atoms with van der Waals surface area (Å²) in [6.45, 7) is 6.32. The Morgan fingerprint density at radius 2 is 1.27 bits per heavy atom. The van der Waals surface area contributed by atoms with E-state index in [1.54, 1.807) is 6.20 Å². The zero-order valence-electron chi connectivity index (χ0n) is 28.9. The highest BCUT2D eigenvalue weighted by atomic mass is 16.3. The Hall–Kier alpha value is -4.95. The molecule has 0 fully saturated rings. The molecule has 0 N–H and O–H groups in total. The fraction of sp³-hybridized carbons (Fsp3) is 0.167. The SMILES string of the molecule is [2H]C([2H])([2H])c1c[n+](C)c(-c2c(C)ccc3c2oc2cc(-c4ccccc4)ccc23)cc1-c1ccc(-c2ccccc2)cc1C(C)(C)C. The van der Waals surface area contributed by atoms with Crippen LogP contribution < -0.4 is 4.57 Å². The molecule has 2 heterocycles. The molecule has 0 aliphatic carbocycles. The zero-order valence-corrected chi connectivity index (χ0v) is 25.9. The molecule has 5 aromatic carbocycles. The molecule has 0 bridgehead atoms. The standard InChI is InChI=1S/C42H38NO/c1-27-17-20-35-34-22-19-32(30-15-11-8-12-16-30)24-39(34)44-41(35)40(27)38-25-36(28(2)26-43(38)6)33-21-18-31(23-37(33)42(3,4)5)29-13-9-7-10-14-29/h7-26H,1-6H3/q+1/i2D3. The molecule has 7 aromatic rings. The number of pyridine rings is 1. The van der Waals surface area contributed by atoms with Crippen LogP contribution in [0.2, 0.25) is 0 Å². The Kier molecular flexibility index (Phi) is 5.92. The summed E-state index contributed by atoms with van der Waals surface area (Å²) in [6, 6.07) is 39.7. The summed E-state index contributed by atoms with van der Waals surface area (Å²) >= 11 is 0. The molecule has 0 unspecified atom stereocenters. The quantitative estimate of drug-likeness (QED) is 0.191. The summed E-state index contributed by atoms with van der Waals surface area (Å²) in [7, 11) is 1.92. The molecule has 0 atom stereocenters. The van der Waals surface area contributed by atoms with Crippen molar-refractivity contribution in [2.45, 2.75) is 40.0 Å². The molecule has 7 rings (SSSR count). The zero-order chi connectivity index (χ0) is 33.1. The average Bonchev–Trinajstić information content (AvgIpc) is 3.42. The first kappa shape index (κ1) is 24.5. The molecular weight excluding hydrogens is 534 g/mol. The van der Waals surface area contributed by atoms with Crippen molar-refractivity contribution in [2.24, 2.45) is 7.05 Å². The number of rotatable bonds is 4. The lowest BCUT2D eigenvalue weighted by Gasteiger charge is -2.25. The Morgan fingerprint density at radius 3 is 1.93 bits per heavy atom. The summed E-state index contributed by atoms with van der Waals surface area (Å²) in [5.41, 5.74) is 11.8. The van der Waals surface area contributed by atoms with Gasteiger partial charge in [0.05, 0.1) is 5.56 Å². The second kappa shape index (κ2) is 10.6. The lowest BCUT2D eigenvalue weighted by atomic mass is 9.79. The number of hydrogen-bond acceptors (Lipinski definition) is 1. The molecule has 0 saturated carbocycles. The molecule has 2 aromatic heterocycles. The maximum atomic E-state index is 8.58. The van der Waals surface area contributed by atoms with E-state index in [0.29, 0.717) is 11.1 Å². The molecule has 0 amide bonds. The molecule has 216 valence electrons. The normalized spacial score (nSPS) is 13.2. The third-order valence-electron chi connectivity index (χ3n) is 8.71. The molecule has 0 aliphatic rings. The Morgan fingerprint density at radius 1 is 0.636 bits per heavy atom. The van der Waals surface area contributed by atoms with Crippen LogP contribution in [0.3, 0.4) is 0 Å². The van der Waals surface area contributed by atoms with Gasteiger partial charge in [-0.2, -0.15) is 0 Å². The van der Waals surface area contributed by atoms with Crippen LogP contribution in [0.15, 0.2) is 126 Å². The van der Waals surface area contributed by atoms with Crippen LogP contribution in [-0.2, 0) is 12.5 Å². The topological polar surface area (TPSA) is 17.0 Å². The summed E-state index contributed by atoms with van der Waals surface area (Å²) in [5.74, 6) is 0. The third-order valence-corrected chi connectivity index (χ3v) is 8.71. The fourth-order valence-corrected chi connectivity index (χ4v) is 6.40. The van der Waals surface area contributed by atoms with Crippen LogP contribution in [0.5, 0.6) is 0 Å². The van der Waals surface area contributed by atoms with Crippen LogP contribution in [0.1, 0.15) is 41.6 Å². The van der Waals surface area contributed by atoms with Gasteiger partial charge in [0.25, 0.3) is 0 Å². The van der Waals surface area contributed by atoms with Crippen LogP contribution in [0.25, 0.3) is 66.6 Å². The molecule has 2 nitrogen and oxygen atoms in total. The first-order valence-corrected chi connectivity index (χ1v) is 15.2. The van der Waals surface area contributed by atoms with Gasteiger partial charge in [-0.05, 0) is 75.8 Å². The Labute approximate surface area is 264 Å². The molecular formula is C42H38NO+. The molecule has 0 spiro atoms. The summed E-state index contributed by atoms with van der Waals surface area (Å²) in [5, 5.41) is 2.08. The molecule has 0 aliphatic heterocycles. The number of furan rings is 1. The highest BCUT2D eigenvalue weighted by Crippen LogP contribution is 2.41. The number of nitrogens with zero attached hydrogens (tertiary/aromatic N) is 1. The largest absolute Gasteiger partial charge is 0.455 e. The van der Waals surface area contributed by atoms with E-state index in [9.17, 15) is 0 Å². The number of fused-ring (bicyclic) bond motifs is 3. The summed E-state index contributed by atoms with van der Waals surface area (Å²) in [4.78, 5) is 0. The van der Waals surface area contributed by atoms with Crippen LogP contribution >= 0.6 is 0 Å². The van der Waals surface area contributed by atoms with E-state index in [1.807, 2.05) is 48.0 Å². The van der Waals surface area contributed by atoms with Crippen molar-refractivity contribution in [3.05, 3.63) is 138 Å². The lowest BCUT2D eigenvalue weighted by Crippen LogP contribution is -2.31. The molecule has 0 saturated heterocycles. The van der Waals surface area contributed by atoms with Crippen LogP contribution in [0.4, 0.5) is 0 Å². The van der Waals surface area contributed by atoms with Gasteiger partial charge in [-0.15, -0.1) is 0 Å². The van der Waals surface area contributed by atoms with Crippen molar-refractivity contribution in [3.63, 3.8) is 0 Å². The number of benzene rings is 5. The van der Waals surface area contributed by atoms with E-state index in [1.165, 1.54) is 0 Å². The van der Waals surface area contributed by atoms with E-state index in [2.05, 4.69) is 107 Å². The van der Waals surface area contributed by atoms with Gasteiger partial charge >= 0.3 is 0 Å². The summed E-state index contributed by atoms with van der Waals surface area (Å²) in [6.07, 6.45) is 1.78. The van der Waals surface area contributed by atoms with Crippen molar-refractivity contribution >= 4 is 21.9 Å². The van der Waals surface area contributed by atoms with E-state index in [0.717, 1.165) is 72.1 Å². The fourth-order valence-electron chi connectivity index (χ4n) is 6.40. The van der Waals surface area contributed by atoms with E-state index in [-0.39, 0.29) is 5.41 Å². The van der Waals surface area contributed by atoms with Gasteiger partial charge in [-0.3, -0.25) is 0 Å². The minimum Gasteiger partial charge on any atom is -0.455 e. The van der Waals surface area contributed by atoms with Gasteiger partial charge in [0.15, 0.2) is 6.20 Å². The first-order valence-electron chi connectivity index (χ1n) is 16.7. The van der Waals surface area contributed by atoms with Crippen molar-refractivity contribution in [1.82, 2.24) is 0 Å². The van der Waals surface area contributed by atoms with Crippen molar-refractivity contribution in [2.75, 3.05) is 0 Å². The first-order chi connectivity index (χ1) is 22.4. The highest BCUT2D eigenvalue weighted by molar-refractivity contribution is 6.10. The maximum Gasteiger partial charge on any atom is 0.216 e. The predicted molar refractivity (Wildman–Crippen MR) is 185 cm³/mol. The second-order valence-corrected chi connectivity index (χ2v) is 12.8. The maximum absolute atomic E-state index is 8.58. The van der Waals surface area contributed by atoms with Gasteiger partial charge in [-0.25, -0.2) is 4.57 Å². The van der Waals surface area contributed by atoms with Crippen molar-refractivity contribution in [3.8, 4) is 44.6 Å². The second-order valence-electron chi connectivity index (χ2n) is 12.8. The van der Waals surface area contributed by atoms with Gasteiger partial charge in [0.2, 0.25) is 5.69 Å². The number of hydrogen-bond donors (Lipinski definition) is 0. The molecule has 44 heavy (non-hydrogen) atoms. The van der Waals surface area contributed by atoms with E-state index in [4.69, 9.17) is 8.53 Å². The molecule has 0 radical (unpaired) electrons. The minimum atomic E-state index is -2.31. The van der Waals surface area contributed by atoms with E-state index < -0.39 is 6.85 Å². The summed E-state index contributed by atoms with van der Waals surface area (Å²) < 4.78 is 34.4. The smallest absolute Gasteiger partial charge is 0.216 e. The third kappa shape index (κ3) is 4.81. The lowest BCUT2D eigenvalue weighted by molar-refractivity contribution is -0.660. The molecule has 2 heteroatoms. The van der Waals surface area contributed by atoms with Crippen molar-refractivity contribution < 1.29 is 13.1 Å². The van der Waals surface area contributed by atoms with Crippen molar-refractivity contribution in [1.29, 1.82) is 0 Å². The number of aryl methyl sites for hydroxylation is 3. The van der Waals surface area contributed by atoms with Gasteiger partial charge in [0.1, 0.15) is 18.2 Å². The van der Waals surface area contributed by atoms with Crippen LogP contribution in [-0.4, -0.2) is 0 Å². The Balaban J connectivity index is 1.48. The Bertz CT molecular complexity index is 2270. The van der Waals surface area contributed by atoms with E-state index >= 15 is 0 Å². The van der Waals surface area contributed by atoms with Gasteiger partial charge < -0.3 is 4.42 Å². The van der Waals surface area contributed by atoms with Gasteiger partial charge in [-0.1, -0.05) is 118 Å². The van der Waals surface area contributed by atoms with Crippen LogP contribution in [0, 0.1) is 13.8 Å². The monoisotopic (exact) mass is 575 g/mol. The number of aromatic nitrogens is 1. The minimum absolute atomic E-state index is 0.241. The highest BCUT2D eigenvalue weighted by Gasteiger charge is 2.26. The average molecular weight is 576 g/mol. The van der Waals surface area contributed by atoms with Gasteiger partial charge in [0, 0.05) is 26.5 Å². The predicted octanol–water partition coefficient (Wildman–Crippen LogP) is 11.0.